The molecule has 0 saturated carbocycles. The molecule has 0 aliphatic rings. The summed E-state index contributed by atoms with van der Waals surface area (Å²) < 4.78 is 39.2. The van der Waals surface area contributed by atoms with Crippen molar-refractivity contribution in [1.82, 2.24) is 10.6 Å². The molecule has 174 valence electrons. The standard InChI is InChI=1S/C22H27F3N4O3/c1-14(26)21(32)28-13-18(30)12-27-20(31)10-15-6-3-4-9-19(15)29(2)17-8-5-7-16(11-17)22(23,24)25/h3-9,11,14,18,30H,10,12-13,26H2,1-2H3,(H,27,31)(H,28,32)/t14-,18?/m0/s1. The van der Waals surface area contributed by atoms with Crippen molar-refractivity contribution < 1.29 is 27.9 Å². The molecule has 0 aliphatic heterocycles. The molecule has 1 unspecified atom stereocenters. The topological polar surface area (TPSA) is 108 Å². The van der Waals surface area contributed by atoms with Gasteiger partial charge in [0.2, 0.25) is 11.8 Å². The minimum Gasteiger partial charge on any atom is -0.389 e. The smallest absolute Gasteiger partial charge is 0.389 e. The van der Waals surface area contributed by atoms with Crippen molar-refractivity contribution in [3.8, 4) is 0 Å². The first-order valence-electron chi connectivity index (χ1n) is 9.96. The highest BCUT2D eigenvalue weighted by atomic mass is 19.4. The summed E-state index contributed by atoms with van der Waals surface area (Å²) in [6.07, 6.45) is -5.50. The number of nitrogens with zero attached hydrogens (tertiary/aromatic N) is 1. The second-order valence-corrected chi connectivity index (χ2v) is 7.40. The van der Waals surface area contributed by atoms with Crippen LogP contribution in [-0.4, -0.2) is 49.2 Å². The zero-order valence-corrected chi connectivity index (χ0v) is 17.8. The molecule has 0 spiro atoms. The van der Waals surface area contributed by atoms with E-state index in [-0.39, 0.29) is 25.4 Å². The lowest BCUT2D eigenvalue weighted by Crippen LogP contribution is -2.44. The van der Waals surface area contributed by atoms with Gasteiger partial charge in [-0.1, -0.05) is 24.3 Å². The average molecular weight is 452 g/mol. The van der Waals surface area contributed by atoms with Gasteiger partial charge in [-0.3, -0.25) is 9.59 Å². The Balaban J connectivity index is 2.03. The Morgan fingerprint density at radius 1 is 1.09 bits per heavy atom. The maximum absolute atomic E-state index is 13.1. The van der Waals surface area contributed by atoms with E-state index in [9.17, 15) is 27.9 Å². The molecular weight excluding hydrogens is 425 g/mol. The van der Waals surface area contributed by atoms with Crippen LogP contribution in [0.25, 0.3) is 0 Å². The zero-order chi connectivity index (χ0) is 23.9. The number of anilines is 2. The Morgan fingerprint density at radius 2 is 1.75 bits per heavy atom. The number of rotatable bonds is 9. The molecule has 7 nitrogen and oxygen atoms in total. The zero-order valence-electron chi connectivity index (χ0n) is 17.8. The molecule has 2 amide bonds. The number of aliphatic hydroxyl groups is 1. The summed E-state index contributed by atoms with van der Waals surface area (Å²) in [4.78, 5) is 25.4. The molecule has 0 fully saturated rings. The molecule has 0 aromatic heterocycles. The number of aliphatic hydroxyl groups excluding tert-OH is 1. The lowest BCUT2D eigenvalue weighted by molar-refractivity contribution is -0.137. The number of nitrogens with two attached hydrogens (primary N) is 1. The molecule has 10 heteroatoms. The summed E-state index contributed by atoms with van der Waals surface area (Å²) in [5, 5.41) is 14.9. The van der Waals surface area contributed by atoms with Crippen LogP contribution in [0.4, 0.5) is 24.5 Å². The van der Waals surface area contributed by atoms with E-state index in [0.717, 1.165) is 12.1 Å². The number of amides is 2. The van der Waals surface area contributed by atoms with Gasteiger partial charge in [0.25, 0.3) is 0 Å². The molecule has 2 aromatic rings. The van der Waals surface area contributed by atoms with Gasteiger partial charge in [0.15, 0.2) is 0 Å². The Kier molecular flexibility index (Phi) is 8.62. The number of alkyl halides is 3. The molecule has 2 atom stereocenters. The van der Waals surface area contributed by atoms with Crippen LogP contribution in [0.15, 0.2) is 48.5 Å². The fourth-order valence-electron chi connectivity index (χ4n) is 2.94. The minimum atomic E-state index is -4.46. The van der Waals surface area contributed by atoms with Crippen molar-refractivity contribution in [3.63, 3.8) is 0 Å². The summed E-state index contributed by atoms with van der Waals surface area (Å²) in [6, 6.07) is 11.1. The van der Waals surface area contributed by atoms with Gasteiger partial charge < -0.3 is 26.4 Å². The molecule has 0 heterocycles. The lowest BCUT2D eigenvalue weighted by Gasteiger charge is -2.23. The maximum Gasteiger partial charge on any atom is 0.416 e. The predicted molar refractivity (Wildman–Crippen MR) is 115 cm³/mol. The largest absolute Gasteiger partial charge is 0.416 e. The van der Waals surface area contributed by atoms with Gasteiger partial charge in [-0.05, 0) is 36.8 Å². The van der Waals surface area contributed by atoms with Gasteiger partial charge in [-0.25, -0.2) is 0 Å². The fourth-order valence-corrected chi connectivity index (χ4v) is 2.94. The van der Waals surface area contributed by atoms with E-state index in [2.05, 4.69) is 10.6 Å². The molecule has 5 N–H and O–H groups in total. The van der Waals surface area contributed by atoms with E-state index in [1.807, 2.05) is 0 Å². The second-order valence-electron chi connectivity index (χ2n) is 7.40. The van der Waals surface area contributed by atoms with Crippen molar-refractivity contribution >= 4 is 23.2 Å². The number of carbonyl (C=O) groups excluding carboxylic acids is 2. The van der Waals surface area contributed by atoms with Gasteiger partial charge >= 0.3 is 6.18 Å². The van der Waals surface area contributed by atoms with Crippen LogP contribution in [0.5, 0.6) is 0 Å². The molecule has 2 rings (SSSR count). The first kappa shape index (κ1) is 25.2. The third-order valence-electron chi connectivity index (χ3n) is 4.73. The first-order chi connectivity index (χ1) is 15.0. The molecule has 0 aliphatic carbocycles. The van der Waals surface area contributed by atoms with Crippen LogP contribution in [0.1, 0.15) is 18.1 Å². The van der Waals surface area contributed by atoms with Crippen LogP contribution in [0.2, 0.25) is 0 Å². The SMILES string of the molecule is C[C@H](N)C(=O)NCC(O)CNC(=O)Cc1ccccc1N(C)c1cccc(C(F)(F)F)c1. The third kappa shape index (κ3) is 7.24. The summed E-state index contributed by atoms with van der Waals surface area (Å²) in [5.41, 5.74) is 6.16. The van der Waals surface area contributed by atoms with Crippen LogP contribution < -0.4 is 21.3 Å². The number of benzene rings is 2. The van der Waals surface area contributed by atoms with Gasteiger partial charge in [0, 0.05) is 31.5 Å². The average Bonchev–Trinajstić information content (AvgIpc) is 2.75. The van der Waals surface area contributed by atoms with Crippen LogP contribution in [0, 0.1) is 0 Å². The monoisotopic (exact) mass is 452 g/mol. The highest BCUT2D eigenvalue weighted by molar-refractivity contribution is 5.82. The summed E-state index contributed by atoms with van der Waals surface area (Å²) in [6.45, 7) is 1.37. The van der Waals surface area contributed by atoms with E-state index in [4.69, 9.17) is 5.73 Å². The number of carbonyl (C=O) groups is 2. The van der Waals surface area contributed by atoms with Gasteiger partial charge in [-0.2, -0.15) is 13.2 Å². The van der Waals surface area contributed by atoms with Gasteiger partial charge in [0.05, 0.1) is 24.1 Å². The van der Waals surface area contributed by atoms with Crippen LogP contribution in [-0.2, 0) is 22.2 Å². The van der Waals surface area contributed by atoms with Gasteiger partial charge in [0.1, 0.15) is 0 Å². The fraction of sp³-hybridized carbons (Fsp3) is 0.364. The number of hydrogen-bond donors (Lipinski definition) is 4. The maximum atomic E-state index is 13.1. The van der Waals surface area contributed by atoms with Crippen molar-refractivity contribution in [1.29, 1.82) is 0 Å². The van der Waals surface area contributed by atoms with E-state index < -0.39 is 29.8 Å². The molecule has 32 heavy (non-hydrogen) atoms. The predicted octanol–water partition coefficient (Wildman–Crippen LogP) is 1.96. The highest BCUT2D eigenvalue weighted by Crippen LogP contribution is 2.34. The first-order valence-corrected chi connectivity index (χ1v) is 9.96. The Morgan fingerprint density at radius 3 is 2.41 bits per heavy atom. The normalized spacial score (nSPS) is 13.2. The lowest BCUT2D eigenvalue weighted by atomic mass is 10.1. The van der Waals surface area contributed by atoms with Gasteiger partial charge in [-0.15, -0.1) is 0 Å². The van der Waals surface area contributed by atoms with E-state index in [1.54, 1.807) is 42.3 Å². The Hall–Kier alpha value is -3.11. The molecule has 0 saturated heterocycles. The quantitative estimate of drug-likeness (QED) is 0.465. The Labute approximate surface area is 184 Å². The van der Waals surface area contributed by atoms with E-state index in [0.29, 0.717) is 16.9 Å². The molecule has 2 aromatic carbocycles. The minimum absolute atomic E-state index is 0.0433. The van der Waals surface area contributed by atoms with Crippen molar-refractivity contribution in [2.45, 2.75) is 31.7 Å². The summed E-state index contributed by atoms with van der Waals surface area (Å²) in [7, 11) is 1.62. The van der Waals surface area contributed by atoms with E-state index >= 15 is 0 Å². The highest BCUT2D eigenvalue weighted by Gasteiger charge is 2.30. The number of para-hydroxylation sites is 1. The number of halogens is 3. The van der Waals surface area contributed by atoms with Crippen molar-refractivity contribution in [3.05, 3.63) is 59.7 Å². The Bertz CT molecular complexity index is 935. The summed E-state index contributed by atoms with van der Waals surface area (Å²) >= 11 is 0. The van der Waals surface area contributed by atoms with Crippen molar-refractivity contribution in [2.24, 2.45) is 5.73 Å². The molecular formula is C22H27F3N4O3. The third-order valence-corrected chi connectivity index (χ3v) is 4.73. The molecule has 0 bridgehead atoms. The van der Waals surface area contributed by atoms with E-state index in [1.165, 1.54) is 13.0 Å². The van der Waals surface area contributed by atoms with Crippen LogP contribution in [0.3, 0.4) is 0 Å². The summed E-state index contributed by atoms with van der Waals surface area (Å²) in [5.74, 6) is -0.797. The van der Waals surface area contributed by atoms with Crippen LogP contribution >= 0.6 is 0 Å². The molecule has 0 radical (unpaired) electrons. The number of hydrogen-bond acceptors (Lipinski definition) is 5. The van der Waals surface area contributed by atoms with Crippen molar-refractivity contribution in [2.75, 3.05) is 25.0 Å². The number of nitrogens with one attached hydrogen (secondary N) is 2. The second kappa shape index (κ2) is 11.0.